The lowest BCUT2D eigenvalue weighted by Gasteiger charge is -2.03. The van der Waals surface area contributed by atoms with E-state index in [-0.39, 0.29) is 0 Å². The number of hydrogen-bond acceptors (Lipinski definition) is 0. The molecule has 0 heteroatoms. The highest BCUT2D eigenvalue weighted by molar-refractivity contribution is 5.14. The van der Waals surface area contributed by atoms with Crippen molar-refractivity contribution in [3.8, 4) is 0 Å². The van der Waals surface area contributed by atoms with E-state index in [1.807, 2.05) is 0 Å². The molecule has 1 rings (SSSR count). The molecule has 0 spiro atoms. The molecule has 135 valence electrons. The Morgan fingerprint density at radius 1 is 0.417 bits per heavy atom. The standard InChI is InChI=1S/C24H39/c1-2-4-6-8-10-12-14-16-18-20-22-24-23-21-19-17-15-13-11-9-7-5-3-1/h1-7H,8,10-24H2/b2-1-,5-3+,6-4+,9-7?. The Bertz CT molecular complexity index is 320. The molecule has 1 aliphatic carbocycles. The summed E-state index contributed by atoms with van der Waals surface area (Å²) in [6.07, 6.45) is 40.5. The third kappa shape index (κ3) is 15.8. The molecule has 0 aliphatic heterocycles. The zero-order valence-electron chi connectivity index (χ0n) is 15.9. The quantitative estimate of drug-likeness (QED) is 0.420. The van der Waals surface area contributed by atoms with Crippen molar-refractivity contribution in [2.24, 2.45) is 0 Å². The molecule has 0 saturated heterocycles. The SMILES string of the molecule is [C]1=C/C=C/C=C\C=C\CCCCCCCCCCCCCCCC/1. The number of allylic oxidation sites excluding steroid dienone is 8. The number of rotatable bonds is 0. The van der Waals surface area contributed by atoms with Crippen LogP contribution in [0.4, 0.5) is 0 Å². The van der Waals surface area contributed by atoms with Crippen LogP contribution in [0.25, 0.3) is 0 Å². The summed E-state index contributed by atoms with van der Waals surface area (Å²) in [5.41, 5.74) is 0. The Kier molecular flexibility index (Phi) is 16.0. The van der Waals surface area contributed by atoms with Crippen molar-refractivity contribution in [2.45, 2.75) is 103 Å². The Labute approximate surface area is 151 Å². The van der Waals surface area contributed by atoms with Gasteiger partial charge < -0.3 is 0 Å². The maximum atomic E-state index is 3.37. The number of hydrogen-bond donors (Lipinski definition) is 0. The molecule has 0 aromatic heterocycles. The monoisotopic (exact) mass is 327 g/mol. The van der Waals surface area contributed by atoms with Crippen LogP contribution in [0.15, 0.2) is 42.5 Å². The molecule has 1 aliphatic rings. The van der Waals surface area contributed by atoms with Gasteiger partial charge in [0.25, 0.3) is 0 Å². The van der Waals surface area contributed by atoms with Gasteiger partial charge in [-0.15, -0.1) is 0 Å². The van der Waals surface area contributed by atoms with Crippen molar-refractivity contribution in [1.29, 1.82) is 0 Å². The summed E-state index contributed by atoms with van der Waals surface area (Å²) < 4.78 is 0. The second-order valence-corrected chi connectivity index (χ2v) is 7.06. The summed E-state index contributed by atoms with van der Waals surface area (Å²) in [6, 6.07) is 0. The first-order valence-electron chi connectivity index (χ1n) is 10.6. The average molecular weight is 328 g/mol. The molecule has 24 heavy (non-hydrogen) atoms. The van der Waals surface area contributed by atoms with Crippen LogP contribution in [-0.2, 0) is 0 Å². The molecule has 0 aromatic rings. The normalized spacial score (nSPS) is 26.7. The lowest BCUT2D eigenvalue weighted by atomic mass is 10.0. The van der Waals surface area contributed by atoms with Crippen molar-refractivity contribution in [2.75, 3.05) is 0 Å². The Hall–Kier alpha value is -1.04. The van der Waals surface area contributed by atoms with Gasteiger partial charge in [0.05, 0.1) is 0 Å². The minimum Gasteiger partial charge on any atom is -0.0845 e. The van der Waals surface area contributed by atoms with E-state index >= 15 is 0 Å². The van der Waals surface area contributed by atoms with E-state index in [1.54, 1.807) is 0 Å². The van der Waals surface area contributed by atoms with Crippen molar-refractivity contribution >= 4 is 0 Å². The highest BCUT2D eigenvalue weighted by Gasteiger charge is 1.94. The molecule has 0 bridgehead atoms. The topological polar surface area (TPSA) is 0 Å². The predicted molar refractivity (Wildman–Crippen MR) is 109 cm³/mol. The maximum Gasteiger partial charge on any atom is -0.0276 e. The third-order valence-corrected chi connectivity index (χ3v) is 4.74. The van der Waals surface area contributed by atoms with Crippen LogP contribution in [0, 0.1) is 6.08 Å². The molecule has 1 radical (unpaired) electrons. The molecular formula is C24H39. The average Bonchev–Trinajstić information content (AvgIpc) is 2.59. The molecule has 0 fully saturated rings. The van der Waals surface area contributed by atoms with E-state index < -0.39 is 0 Å². The molecule has 0 aromatic carbocycles. The van der Waals surface area contributed by atoms with E-state index in [1.165, 1.54) is 96.3 Å². The summed E-state index contributed by atoms with van der Waals surface area (Å²) in [7, 11) is 0. The maximum absolute atomic E-state index is 3.37. The molecule has 0 nitrogen and oxygen atoms in total. The van der Waals surface area contributed by atoms with Gasteiger partial charge in [-0.05, 0) is 31.8 Å². The van der Waals surface area contributed by atoms with Gasteiger partial charge in [0.15, 0.2) is 0 Å². The zero-order chi connectivity index (χ0) is 17.0. The third-order valence-electron chi connectivity index (χ3n) is 4.74. The Balaban J connectivity index is 2.20. The highest BCUT2D eigenvalue weighted by Crippen LogP contribution is 2.13. The summed E-state index contributed by atoms with van der Waals surface area (Å²) in [4.78, 5) is 0. The first-order chi connectivity index (χ1) is 12.0. The van der Waals surface area contributed by atoms with Crippen molar-refractivity contribution < 1.29 is 0 Å². The van der Waals surface area contributed by atoms with E-state index in [9.17, 15) is 0 Å². The van der Waals surface area contributed by atoms with Crippen LogP contribution in [0.1, 0.15) is 103 Å². The molecule has 0 heterocycles. The van der Waals surface area contributed by atoms with Crippen molar-refractivity contribution in [3.05, 3.63) is 48.6 Å². The first-order valence-corrected chi connectivity index (χ1v) is 10.6. The lowest BCUT2D eigenvalue weighted by Crippen LogP contribution is -1.83. The highest BCUT2D eigenvalue weighted by atomic mass is 14.0. The van der Waals surface area contributed by atoms with Crippen LogP contribution in [0.5, 0.6) is 0 Å². The van der Waals surface area contributed by atoms with Crippen molar-refractivity contribution in [3.63, 3.8) is 0 Å². The van der Waals surface area contributed by atoms with Gasteiger partial charge >= 0.3 is 0 Å². The van der Waals surface area contributed by atoms with Crippen LogP contribution in [0.2, 0.25) is 0 Å². The van der Waals surface area contributed by atoms with E-state index in [0.29, 0.717) is 0 Å². The van der Waals surface area contributed by atoms with Gasteiger partial charge in [0.2, 0.25) is 0 Å². The minimum absolute atomic E-state index is 1.11. The van der Waals surface area contributed by atoms with Gasteiger partial charge in [0, 0.05) is 0 Å². The fourth-order valence-corrected chi connectivity index (χ4v) is 3.18. The smallest absolute Gasteiger partial charge is 0.0276 e. The zero-order valence-corrected chi connectivity index (χ0v) is 15.9. The van der Waals surface area contributed by atoms with E-state index in [2.05, 4.69) is 48.6 Å². The van der Waals surface area contributed by atoms with Crippen LogP contribution >= 0.6 is 0 Å². The largest absolute Gasteiger partial charge is 0.0845 e. The molecule has 0 N–H and O–H groups in total. The first kappa shape index (κ1) is 21.0. The van der Waals surface area contributed by atoms with Gasteiger partial charge in [-0.2, -0.15) is 0 Å². The summed E-state index contributed by atoms with van der Waals surface area (Å²) in [6.45, 7) is 0. The summed E-state index contributed by atoms with van der Waals surface area (Å²) in [5.74, 6) is 0. The molecule has 0 saturated carbocycles. The second-order valence-electron chi connectivity index (χ2n) is 7.06. The van der Waals surface area contributed by atoms with Gasteiger partial charge in [-0.1, -0.05) is 120 Å². The predicted octanol–water partition coefficient (Wildman–Crippen LogP) is 8.27. The molecule has 0 amide bonds. The Morgan fingerprint density at radius 3 is 1.50 bits per heavy atom. The van der Waals surface area contributed by atoms with Crippen molar-refractivity contribution in [1.82, 2.24) is 0 Å². The molecule has 0 unspecified atom stereocenters. The Morgan fingerprint density at radius 2 is 0.875 bits per heavy atom. The van der Waals surface area contributed by atoms with Gasteiger partial charge in [-0.25, -0.2) is 0 Å². The van der Waals surface area contributed by atoms with Crippen LogP contribution in [0.3, 0.4) is 0 Å². The molecular weight excluding hydrogens is 288 g/mol. The molecule has 0 atom stereocenters. The second kappa shape index (κ2) is 18.3. The summed E-state index contributed by atoms with van der Waals surface area (Å²) >= 11 is 0. The van der Waals surface area contributed by atoms with E-state index in [0.717, 1.165) is 6.42 Å². The van der Waals surface area contributed by atoms with Gasteiger partial charge in [0.1, 0.15) is 0 Å². The van der Waals surface area contributed by atoms with Gasteiger partial charge in [-0.3, -0.25) is 0 Å². The fraction of sp³-hybridized carbons (Fsp3) is 0.667. The minimum atomic E-state index is 1.11. The lowest BCUT2D eigenvalue weighted by molar-refractivity contribution is 0.534. The van der Waals surface area contributed by atoms with Crippen LogP contribution < -0.4 is 0 Å². The van der Waals surface area contributed by atoms with E-state index in [4.69, 9.17) is 0 Å². The fourth-order valence-electron chi connectivity index (χ4n) is 3.18. The summed E-state index contributed by atoms with van der Waals surface area (Å²) in [5, 5.41) is 0. The van der Waals surface area contributed by atoms with Crippen LogP contribution in [-0.4, -0.2) is 0 Å².